The minimum atomic E-state index is -0.419. The highest BCUT2D eigenvalue weighted by Gasteiger charge is 2.13. The van der Waals surface area contributed by atoms with Gasteiger partial charge >= 0.3 is 0 Å². The van der Waals surface area contributed by atoms with Gasteiger partial charge in [-0.25, -0.2) is 0 Å². The van der Waals surface area contributed by atoms with E-state index in [1.54, 1.807) is 0 Å². The van der Waals surface area contributed by atoms with Crippen LogP contribution in [0.15, 0.2) is 66.4 Å². The second-order valence-electron chi connectivity index (χ2n) is 5.38. The molecular formula is C20H21N3O2. The Bertz CT molecular complexity index is 762. The van der Waals surface area contributed by atoms with E-state index in [9.17, 15) is 10.1 Å². The van der Waals surface area contributed by atoms with Gasteiger partial charge in [-0.3, -0.25) is 4.79 Å². The molecule has 0 saturated carbocycles. The van der Waals surface area contributed by atoms with Crippen molar-refractivity contribution >= 4 is 11.6 Å². The Labute approximate surface area is 147 Å². The monoisotopic (exact) mass is 335 g/mol. The van der Waals surface area contributed by atoms with E-state index in [4.69, 9.17) is 4.74 Å². The highest BCUT2D eigenvalue weighted by Crippen LogP contribution is 2.16. The Balaban J connectivity index is 1.99. The first-order valence-corrected chi connectivity index (χ1v) is 8.09. The zero-order valence-corrected chi connectivity index (χ0v) is 14.3. The normalized spacial score (nSPS) is 12.0. The maximum atomic E-state index is 12.3. The molecule has 1 amide bonds. The van der Waals surface area contributed by atoms with Crippen LogP contribution in [0.5, 0.6) is 5.75 Å². The lowest BCUT2D eigenvalue weighted by molar-refractivity contribution is -0.117. The highest BCUT2D eigenvalue weighted by molar-refractivity contribution is 5.97. The first kappa shape index (κ1) is 18.1. The molecule has 0 aliphatic rings. The summed E-state index contributed by atoms with van der Waals surface area (Å²) in [7, 11) is 0. The molecule has 2 N–H and O–H groups in total. The zero-order chi connectivity index (χ0) is 18.1. The third-order valence-electron chi connectivity index (χ3n) is 3.56. The van der Waals surface area contributed by atoms with Gasteiger partial charge in [-0.15, -0.1) is 0 Å². The fourth-order valence-electron chi connectivity index (χ4n) is 2.22. The number of nitriles is 1. The second-order valence-corrected chi connectivity index (χ2v) is 5.38. The van der Waals surface area contributed by atoms with E-state index in [0.717, 1.165) is 17.0 Å². The molecule has 1 unspecified atom stereocenters. The molecule has 0 saturated heterocycles. The van der Waals surface area contributed by atoms with Crippen LogP contribution in [0.4, 0.5) is 5.69 Å². The standard InChI is InChI=1S/C20H21N3O2/c1-3-25-19-11-9-18(10-12-19)22-14-17(13-21)20(24)23-15(2)16-7-5-4-6-8-16/h4-12,14-15,22H,3H2,1-2H3,(H,23,24)/b17-14-. The van der Waals surface area contributed by atoms with Crippen molar-refractivity contribution in [1.82, 2.24) is 5.32 Å². The Morgan fingerprint density at radius 1 is 1.20 bits per heavy atom. The van der Waals surface area contributed by atoms with Gasteiger partial charge in [0.2, 0.25) is 0 Å². The van der Waals surface area contributed by atoms with Gasteiger partial charge < -0.3 is 15.4 Å². The van der Waals surface area contributed by atoms with Gasteiger partial charge in [-0.2, -0.15) is 5.26 Å². The van der Waals surface area contributed by atoms with Crippen molar-refractivity contribution in [2.75, 3.05) is 11.9 Å². The largest absolute Gasteiger partial charge is 0.494 e. The van der Waals surface area contributed by atoms with E-state index in [-0.39, 0.29) is 11.6 Å². The number of carbonyl (C=O) groups is 1. The SMILES string of the molecule is CCOc1ccc(N/C=C(/C#N)C(=O)NC(C)c2ccccc2)cc1. The average Bonchev–Trinajstić information content (AvgIpc) is 2.64. The maximum absolute atomic E-state index is 12.3. The summed E-state index contributed by atoms with van der Waals surface area (Å²) >= 11 is 0. The number of nitrogens with zero attached hydrogens (tertiary/aromatic N) is 1. The predicted molar refractivity (Wildman–Crippen MR) is 97.9 cm³/mol. The van der Waals surface area contributed by atoms with Crippen molar-refractivity contribution in [3.8, 4) is 11.8 Å². The number of ether oxygens (including phenoxy) is 1. The molecule has 128 valence electrons. The van der Waals surface area contributed by atoms with E-state index >= 15 is 0 Å². The number of nitrogens with one attached hydrogen (secondary N) is 2. The number of anilines is 1. The maximum Gasteiger partial charge on any atom is 0.263 e. The number of amides is 1. The van der Waals surface area contributed by atoms with Gasteiger partial charge in [0.25, 0.3) is 5.91 Å². The van der Waals surface area contributed by atoms with Gasteiger partial charge in [0.15, 0.2) is 0 Å². The molecule has 25 heavy (non-hydrogen) atoms. The minimum Gasteiger partial charge on any atom is -0.494 e. The summed E-state index contributed by atoms with van der Waals surface area (Å²) in [5.41, 5.74) is 1.75. The van der Waals surface area contributed by atoms with Crippen LogP contribution in [0, 0.1) is 11.3 Å². The molecule has 0 bridgehead atoms. The van der Waals surface area contributed by atoms with Gasteiger partial charge in [0, 0.05) is 11.9 Å². The Morgan fingerprint density at radius 2 is 1.88 bits per heavy atom. The van der Waals surface area contributed by atoms with Gasteiger partial charge in [-0.05, 0) is 43.7 Å². The number of hydrogen-bond acceptors (Lipinski definition) is 4. The average molecular weight is 335 g/mol. The van der Waals surface area contributed by atoms with E-state index in [0.29, 0.717) is 6.61 Å². The van der Waals surface area contributed by atoms with Crippen molar-refractivity contribution < 1.29 is 9.53 Å². The molecule has 5 nitrogen and oxygen atoms in total. The zero-order valence-electron chi connectivity index (χ0n) is 14.3. The smallest absolute Gasteiger partial charge is 0.263 e. The third-order valence-corrected chi connectivity index (χ3v) is 3.56. The molecule has 0 fully saturated rings. The molecule has 2 aromatic rings. The van der Waals surface area contributed by atoms with Gasteiger partial charge in [0.05, 0.1) is 12.6 Å². The van der Waals surface area contributed by atoms with Crippen LogP contribution >= 0.6 is 0 Å². The minimum absolute atomic E-state index is 0.0108. The predicted octanol–water partition coefficient (Wildman–Crippen LogP) is 3.78. The molecule has 0 spiro atoms. The number of hydrogen-bond donors (Lipinski definition) is 2. The van der Waals surface area contributed by atoms with Crippen molar-refractivity contribution in [2.45, 2.75) is 19.9 Å². The lowest BCUT2D eigenvalue weighted by Crippen LogP contribution is -2.28. The van der Waals surface area contributed by atoms with E-state index < -0.39 is 5.91 Å². The van der Waals surface area contributed by atoms with Crippen LogP contribution in [-0.2, 0) is 4.79 Å². The van der Waals surface area contributed by atoms with Crippen LogP contribution < -0.4 is 15.4 Å². The van der Waals surface area contributed by atoms with Crippen LogP contribution in [0.3, 0.4) is 0 Å². The summed E-state index contributed by atoms with van der Waals surface area (Å²) < 4.78 is 5.37. The Morgan fingerprint density at radius 3 is 2.48 bits per heavy atom. The van der Waals surface area contributed by atoms with Crippen LogP contribution in [0.25, 0.3) is 0 Å². The van der Waals surface area contributed by atoms with E-state index in [1.807, 2.05) is 74.5 Å². The lowest BCUT2D eigenvalue weighted by Gasteiger charge is -2.13. The molecule has 5 heteroatoms. The van der Waals surface area contributed by atoms with Crippen molar-refractivity contribution in [1.29, 1.82) is 5.26 Å². The summed E-state index contributed by atoms with van der Waals surface area (Å²) in [5, 5.41) is 15.0. The number of carbonyl (C=O) groups excluding carboxylic acids is 1. The van der Waals surface area contributed by atoms with Crippen LogP contribution in [0.2, 0.25) is 0 Å². The molecule has 0 radical (unpaired) electrons. The molecular weight excluding hydrogens is 314 g/mol. The number of rotatable bonds is 7. The Kier molecular flexibility index (Phi) is 6.61. The van der Waals surface area contributed by atoms with Crippen LogP contribution in [0.1, 0.15) is 25.5 Å². The third kappa shape index (κ3) is 5.40. The quantitative estimate of drug-likeness (QED) is 0.596. The first-order valence-electron chi connectivity index (χ1n) is 8.09. The summed E-state index contributed by atoms with van der Waals surface area (Å²) in [4.78, 5) is 12.3. The topological polar surface area (TPSA) is 74.1 Å². The molecule has 2 rings (SSSR count). The Hall–Kier alpha value is -3.26. The summed E-state index contributed by atoms with van der Waals surface area (Å²) in [6.07, 6.45) is 1.41. The molecule has 1 atom stereocenters. The molecule has 0 aliphatic heterocycles. The van der Waals surface area contributed by atoms with E-state index in [1.165, 1.54) is 6.20 Å². The molecule has 2 aromatic carbocycles. The fraction of sp³-hybridized carbons (Fsp3) is 0.200. The van der Waals surface area contributed by atoms with Crippen molar-refractivity contribution in [3.05, 3.63) is 71.9 Å². The molecule has 0 aromatic heterocycles. The fourth-order valence-corrected chi connectivity index (χ4v) is 2.22. The van der Waals surface area contributed by atoms with Crippen molar-refractivity contribution in [3.63, 3.8) is 0 Å². The van der Waals surface area contributed by atoms with Gasteiger partial charge in [-0.1, -0.05) is 30.3 Å². The van der Waals surface area contributed by atoms with Crippen molar-refractivity contribution in [2.24, 2.45) is 0 Å². The summed E-state index contributed by atoms with van der Waals surface area (Å²) in [6, 6.07) is 18.6. The second kappa shape index (κ2) is 9.14. The number of benzene rings is 2. The van der Waals surface area contributed by atoms with Crippen LogP contribution in [-0.4, -0.2) is 12.5 Å². The first-order chi connectivity index (χ1) is 12.1. The summed E-state index contributed by atoms with van der Waals surface area (Å²) in [6.45, 7) is 4.40. The molecule has 0 heterocycles. The lowest BCUT2D eigenvalue weighted by atomic mass is 10.1. The van der Waals surface area contributed by atoms with E-state index in [2.05, 4.69) is 10.6 Å². The summed E-state index contributed by atoms with van der Waals surface area (Å²) in [5.74, 6) is 0.351. The van der Waals surface area contributed by atoms with Gasteiger partial charge in [0.1, 0.15) is 17.4 Å². The highest BCUT2D eigenvalue weighted by atomic mass is 16.5. The molecule has 0 aliphatic carbocycles.